The standard InChI is InChI=1S/C30H36F3N4O2PS/c1-36(2)20-28(38)37-17-14-22(15-18-37)35-26-8-5-7-24-25(19-30(31,32)33)27(41-29(24)26)9-6-16-34-21-10-12-23(13-11-21)40(3,4)39/h5,7-8,10-13,22,34-35H,14-20H2,1-4H3. The molecule has 220 valence electrons. The molecular weight excluding hydrogens is 568 g/mol. The third kappa shape index (κ3) is 8.51. The maximum absolute atomic E-state index is 13.6. The van der Waals surface area contributed by atoms with Gasteiger partial charge in [-0.15, -0.1) is 11.3 Å². The minimum absolute atomic E-state index is 0.105. The van der Waals surface area contributed by atoms with Crippen LogP contribution in [0.1, 0.15) is 23.3 Å². The molecule has 1 saturated heterocycles. The lowest BCUT2D eigenvalue weighted by Crippen LogP contribution is -2.45. The number of nitrogens with one attached hydrogen (secondary N) is 2. The summed E-state index contributed by atoms with van der Waals surface area (Å²) in [4.78, 5) is 16.5. The van der Waals surface area contributed by atoms with Crippen LogP contribution in [0.25, 0.3) is 10.1 Å². The van der Waals surface area contributed by atoms with Crippen LogP contribution in [-0.2, 0) is 15.8 Å². The molecule has 0 unspecified atom stereocenters. The van der Waals surface area contributed by atoms with Gasteiger partial charge >= 0.3 is 6.18 Å². The zero-order valence-electron chi connectivity index (χ0n) is 23.8. The largest absolute Gasteiger partial charge is 0.393 e. The number of rotatable bonds is 8. The van der Waals surface area contributed by atoms with Gasteiger partial charge in [-0.3, -0.25) is 4.79 Å². The van der Waals surface area contributed by atoms with Crippen molar-refractivity contribution < 1.29 is 22.5 Å². The van der Waals surface area contributed by atoms with E-state index in [-0.39, 0.29) is 24.1 Å². The molecule has 0 radical (unpaired) electrons. The van der Waals surface area contributed by atoms with Gasteiger partial charge in [-0.1, -0.05) is 24.0 Å². The number of alkyl halides is 3. The number of amides is 1. The fraction of sp³-hybridized carbons (Fsp3) is 0.433. The van der Waals surface area contributed by atoms with Crippen LogP contribution in [0.3, 0.4) is 0 Å². The quantitative estimate of drug-likeness (QED) is 0.256. The van der Waals surface area contributed by atoms with Crippen molar-refractivity contribution in [3.05, 3.63) is 52.9 Å². The summed E-state index contributed by atoms with van der Waals surface area (Å²) < 4.78 is 53.7. The number of likely N-dealkylation sites (tertiary alicyclic amines) is 1. The molecule has 0 spiro atoms. The third-order valence-corrected chi connectivity index (χ3v) is 9.66. The van der Waals surface area contributed by atoms with Crippen LogP contribution >= 0.6 is 18.5 Å². The Kier molecular flexibility index (Phi) is 9.73. The highest BCUT2D eigenvalue weighted by Gasteiger charge is 2.31. The lowest BCUT2D eigenvalue weighted by Gasteiger charge is -2.33. The second kappa shape index (κ2) is 12.9. The smallest absolute Gasteiger partial charge is 0.381 e. The summed E-state index contributed by atoms with van der Waals surface area (Å²) in [6.45, 7) is 5.35. The Bertz CT molecular complexity index is 1480. The van der Waals surface area contributed by atoms with E-state index in [2.05, 4.69) is 22.5 Å². The van der Waals surface area contributed by atoms with Gasteiger partial charge in [0.2, 0.25) is 5.91 Å². The number of nitrogens with zero attached hydrogens (tertiary/aromatic N) is 2. The van der Waals surface area contributed by atoms with Crippen LogP contribution in [-0.4, -0.2) is 81.5 Å². The molecule has 0 saturated carbocycles. The van der Waals surface area contributed by atoms with Crippen molar-refractivity contribution in [3.63, 3.8) is 0 Å². The SMILES string of the molecule is CN(C)CC(=O)N1CCC(Nc2cccc3c(CC(F)(F)F)c(C#CCNc4ccc(P(C)(C)=O)cc4)sc23)CC1. The zero-order chi connectivity index (χ0) is 29.8. The van der Waals surface area contributed by atoms with Crippen molar-refractivity contribution in [1.82, 2.24) is 9.80 Å². The van der Waals surface area contributed by atoms with E-state index in [1.54, 1.807) is 25.5 Å². The van der Waals surface area contributed by atoms with Crippen LogP contribution in [0, 0.1) is 11.8 Å². The van der Waals surface area contributed by atoms with Crippen LogP contribution in [0.2, 0.25) is 0 Å². The van der Waals surface area contributed by atoms with Gasteiger partial charge in [-0.05, 0) is 81.5 Å². The monoisotopic (exact) mass is 604 g/mol. The van der Waals surface area contributed by atoms with E-state index >= 15 is 0 Å². The first kappa shape index (κ1) is 31.0. The average Bonchev–Trinajstić information content (AvgIpc) is 3.23. The number of carbonyl (C=O) groups is 1. The van der Waals surface area contributed by atoms with E-state index in [1.165, 1.54) is 11.3 Å². The number of carbonyl (C=O) groups excluding carboxylic acids is 1. The predicted molar refractivity (Wildman–Crippen MR) is 164 cm³/mol. The average molecular weight is 605 g/mol. The van der Waals surface area contributed by atoms with Gasteiger partial charge in [0.05, 0.1) is 34.8 Å². The number of piperidine rings is 1. The Morgan fingerprint density at radius 3 is 2.41 bits per heavy atom. The fourth-order valence-corrected chi connectivity index (χ4v) is 6.87. The second-order valence-electron chi connectivity index (χ2n) is 11.0. The number of benzene rings is 2. The molecule has 41 heavy (non-hydrogen) atoms. The molecule has 3 aromatic rings. The molecule has 0 bridgehead atoms. The molecule has 2 heterocycles. The van der Waals surface area contributed by atoms with Crippen LogP contribution in [0.15, 0.2) is 42.5 Å². The molecule has 6 nitrogen and oxygen atoms in total. The number of hydrogen-bond acceptors (Lipinski definition) is 6. The highest BCUT2D eigenvalue weighted by atomic mass is 32.1. The minimum atomic E-state index is -4.36. The third-order valence-electron chi connectivity index (χ3n) is 6.93. The summed E-state index contributed by atoms with van der Waals surface area (Å²) in [7, 11) is 1.39. The zero-order valence-corrected chi connectivity index (χ0v) is 25.5. The summed E-state index contributed by atoms with van der Waals surface area (Å²) in [5, 5.41) is 8.03. The molecule has 2 aromatic carbocycles. The highest BCUT2D eigenvalue weighted by Crippen LogP contribution is 2.39. The highest BCUT2D eigenvalue weighted by molar-refractivity contribution is 7.70. The number of anilines is 2. The fourth-order valence-electron chi connectivity index (χ4n) is 4.83. The molecule has 0 aliphatic carbocycles. The van der Waals surface area contributed by atoms with E-state index < -0.39 is 19.7 Å². The van der Waals surface area contributed by atoms with E-state index in [0.717, 1.165) is 34.2 Å². The number of fused-ring (bicyclic) bond motifs is 1. The van der Waals surface area contributed by atoms with Gasteiger partial charge in [0.25, 0.3) is 0 Å². The van der Waals surface area contributed by atoms with Crippen molar-refractivity contribution in [2.75, 3.05) is 64.2 Å². The molecule has 1 aliphatic rings. The van der Waals surface area contributed by atoms with Crippen LogP contribution in [0.4, 0.5) is 24.5 Å². The lowest BCUT2D eigenvalue weighted by molar-refractivity contribution is -0.132. The van der Waals surface area contributed by atoms with Crippen LogP contribution in [0.5, 0.6) is 0 Å². The van der Waals surface area contributed by atoms with E-state index in [0.29, 0.717) is 29.9 Å². The van der Waals surface area contributed by atoms with Gasteiger partial charge in [-0.2, -0.15) is 13.2 Å². The van der Waals surface area contributed by atoms with Gasteiger partial charge in [0.1, 0.15) is 7.14 Å². The Morgan fingerprint density at radius 2 is 1.80 bits per heavy atom. The molecule has 1 aliphatic heterocycles. The van der Waals surface area contributed by atoms with E-state index in [4.69, 9.17) is 0 Å². The summed E-state index contributed by atoms with van der Waals surface area (Å²) in [5.41, 5.74) is 1.79. The molecule has 11 heteroatoms. The Morgan fingerprint density at radius 1 is 1.12 bits per heavy atom. The molecule has 1 fully saturated rings. The van der Waals surface area contributed by atoms with E-state index in [9.17, 15) is 22.5 Å². The van der Waals surface area contributed by atoms with Gasteiger partial charge in [0.15, 0.2) is 0 Å². The molecule has 2 N–H and O–H groups in total. The van der Waals surface area contributed by atoms with Crippen molar-refractivity contribution >= 4 is 51.2 Å². The topological polar surface area (TPSA) is 64.7 Å². The Labute approximate surface area is 243 Å². The van der Waals surface area contributed by atoms with Gasteiger partial charge in [-0.25, -0.2) is 0 Å². The van der Waals surface area contributed by atoms with Crippen molar-refractivity contribution in [2.45, 2.75) is 31.5 Å². The van der Waals surface area contributed by atoms with Crippen molar-refractivity contribution in [1.29, 1.82) is 0 Å². The number of thiophene rings is 1. The maximum atomic E-state index is 13.6. The normalized spacial score (nSPS) is 14.7. The van der Waals surface area contributed by atoms with Gasteiger partial charge < -0.3 is 25.0 Å². The van der Waals surface area contributed by atoms with Crippen molar-refractivity contribution in [2.24, 2.45) is 0 Å². The summed E-state index contributed by atoms with van der Waals surface area (Å²) >= 11 is 1.28. The summed E-state index contributed by atoms with van der Waals surface area (Å²) in [6.07, 6.45) is -3.87. The molecule has 4 rings (SSSR count). The van der Waals surface area contributed by atoms with Crippen LogP contribution < -0.4 is 15.9 Å². The van der Waals surface area contributed by atoms with Crippen molar-refractivity contribution in [3.8, 4) is 11.8 Å². The Balaban J connectivity index is 1.50. The van der Waals surface area contributed by atoms with Gasteiger partial charge in [0, 0.05) is 30.1 Å². The molecular formula is C30H36F3N4O2PS. The first-order chi connectivity index (χ1) is 19.3. The number of halogens is 3. The number of hydrogen-bond donors (Lipinski definition) is 2. The first-order valence-corrected chi connectivity index (χ1v) is 16.9. The maximum Gasteiger partial charge on any atom is 0.393 e. The molecule has 1 amide bonds. The number of likely N-dealkylation sites (N-methyl/N-ethyl adjacent to an activating group) is 1. The summed E-state index contributed by atoms with van der Waals surface area (Å²) in [6, 6.07) is 12.8. The van der Waals surface area contributed by atoms with E-state index in [1.807, 2.05) is 54.2 Å². The Hall–Kier alpha value is -2.99. The summed E-state index contributed by atoms with van der Waals surface area (Å²) in [5.74, 6) is 6.06. The minimum Gasteiger partial charge on any atom is -0.381 e. The predicted octanol–water partition coefficient (Wildman–Crippen LogP) is 5.68. The lowest BCUT2D eigenvalue weighted by atomic mass is 10.0. The first-order valence-electron chi connectivity index (χ1n) is 13.5. The molecule has 0 atom stereocenters. The second-order valence-corrected chi connectivity index (χ2v) is 15.2. The molecule has 1 aromatic heterocycles.